The Morgan fingerprint density at radius 2 is 1.58 bits per heavy atom. The molecule has 0 aromatic rings. The molecule has 0 bridgehead atoms. The van der Waals surface area contributed by atoms with Crippen molar-refractivity contribution in [2.24, 2.45) is 0 Å². The van der Waals surface area contributed by atoms with Gasteiger partial charge in [-0.15, -0.1) is 0 Å². The lowest BCUT2D eigenvalue weighted by molar-refractivity contribution is -0.136. The zero-order valence-electron chi connectivity index (χ0n) is 5.97. The first-order valence-corrected chi connectivity index (χ1v) is 3.31. The Morgan fingerprint density at radius 3 is 2.08 bits per heavy atom. The van der Waals surface area contributed by atoms with Gasteiger partial charge in [-0.1, -0.05) is 0 Å². The van der Waals surface area contributed by atoms with E-state index in [0.717, 1.165) is 0 Å². The molecule has 0 amide bonds. The summed E-state index contributed by atoms with van der Waals surface area (Å²) >= 11 is 0. The van der Waals surface area contributed by atoms with E-state index in [9.17, 15) is 9.59 Å². The molecule has 0 fully saturated rings. The molecule has 0 saturated heterocycles. The molecule has 0 aromatic heterocycles. The second kappa shape index (κ2) is 2.40. The molecule has 5 nitrogen and oxygen atoms in total. The molecule has 0 unspecified atom stereocenters. The van der Waals surface area contributed by atoms with E-state index in [1.54, 1.807) is 0 Å². The monoisotopic (exact) mass is 165 g/mol. The molecule has 60 valence electrons. The van der Waals surface area contributed by atoms with Crippen molar-refractivity contribution in [3.63, 3.8) is 0 Å². The van der Waals surface area contributed by atoms with Crippen molar-refractivity contribution >= 4 is 19.2 Å². The van der Waals surface area contributed by atoms with E-state index >= 15 is 0 Å². The Balaban J connectivity index is 2.25. The second-order valence-electron chi connectivity index (χ2n) is 2.26. The molecule has 12 heavy (non-hydrogen) atoms. The van der Waals surface area contributed by atoms with Gasteiger partial charge in [0.05, 0.1) is 0 Å². The van der Waals surface area contributed by atoms with Gasteiger partial charge >= 0.3 is 19.2 Å². The quantitative estimate of drug-likeness (QED) is 0.449. The molecule has 0 radical (unpaired) electrons. The fraction of sp³-hybridized carbons (Fsp3) is 0. The number of hydrogen-bond donors (Lipinski definition) is 0. The van der Waals surface area contributed by atoms with Gasteiger partial charge in [-0.3, -0.25) is 0 Å². The van der Waals surface area contributed by atoms with E-state index in [1.807, 2.05) is 0 Å². The van der Waals surface area contributed by atoms with Crippen LogP contribution in [0, 0.1) is 0 Å². The zero-order chi connectivity index (χ0) is 8.55. The maximum Gasteiger partial charge on any atom is 0.746 e. The number of carbonyl (C=O) groups excluding carboxylic acids is 2. The minimum Gasteiger partial charge on any atom is -0.476 e. The minimum absolute atomic E-state index is 0.514. The SMILES string of the molecule is O=C1C=CN2C=CC(=O)OB2O1. The van der Waals surface area contributed by atoms with Crippen LogP contribution in [0.3, 0.4) is 0 Å². The minimum atomic E-state index is -0.931. The third-order valence-corrected chi connectivity index (χ3v) is 1.44. The lowest BCUT2D eigenvalue weighted by Gasteiger charge is -2.26. The maximum absolute atomic E-state index is 10.7. The molecule has 2 heterocycles. The van der Waals surface area contributed by atoms with E-state index in [2.05, 4.69) is 9.31 Å². The molecule has 2 rings (SSSR count). The summed E-state index contributed by atoms with van der Waals surface area (Å²) in [7, 11) is -0.931. The third-order valence-electron chi connectivity index (χ3n) is 1.44. The Labute approximate surface area is 68.4 Å². The van der Waals surface area contributed by atoms with Gasteiger partial charge in [0.15, 0.2) is 0 Å². The highest BCUT2D eigenvalue weighted by molar-refractivity contribution is 6.48. The first-order chi connectivity index (χ1) is 5.75. The average molecular weight is 165 g/mol. The lowest BCUT2D eigenvalue weighted by Crippen LogP contribution is -2.45. The number of hydrogen-bond acceptors (Lipinski definition) is 5. The maximum atomic E-state index is 10.7. The predicted molar refractivity (Wildman–Crippen MR) is 38.1 cm³/mol. The van der Waals surface area contributed by atoms with Crippen molar-refractivity contribution in [3.05, 3.63) is 24.6 Å². The van der Waals surface area contributed by atoms with Gasteiger partial charge in [-0.25, -0.2) is 9.59 Å². The zero-order valence-corrected chi connectivity index (χ0v) is 5.97. The van der Waals surface area contributed by atoms with Crippen LogP contribution >= 0.6 is 0 Å². The summed E-state index contributed by atoms with van der Waals surface area (Å²) < 4.78 is 9.33. The summed E-state index contributed by atoms with van der Waals surface area (Å²) in [6, 6.07) is 0. The summed E-state index contributed by atoms with van der Waals surface area (Å²) in [4.78, 5) is 22.8. The van der Waals surface area contributed by atoms with Crippen molar-refractivity contribution in [3.8, 4) is 0 Å². The Morgan fingerprint density at radius 1 is 1.08 bits per heavy atom. The van der Waals surface area contributed by atoms with Crippen molar-refractivity contribution < 1.29 is 18.9 Å². The summed E-state index contributed by atoms with van der Waals surface area (Å²) in [6.07, 6.45) is 5.47. The van der Waals surface area contributed by atoms with Crippen LogP contribution in [-0.4, -0.2) is 24.0 Å². The molecule has 2 aliphatic rings. The number of fused-ring (bicyclic) bond motifs is 1. The number of carbonyl (C=O) groups is 2. The fourth-order valence-electron chi connectivity index (χ4n) is 0.907. The van der Waals surface area contributed by atoms with Crippen LogP contribution in [0.1, 0.15) is 0 Å². The molecule has 0 spiro atoms. The Bertz CT molecular complexity index is 270. The normalized spacial score (nSPS) is 20.3. The average Bonchev–Trinajstić information content (AvgIpc) is 2.03. The van der Waals surface area contributed by atoms with Crippen LogP contribution in [0.4, 0.5) is 0 Å². The molecular formula is C6H4BNO4. The fourth-order valence-corrected chi connectivity index (χ4v) is 0.907. The van der Waals surface area contributed by atoms with Gasteiger partial charge in [-0.2, -0.15) is 0 Å². The van der Waals surface area contributed by atoms with Crippen LogP contribution < -0.4 is 0 Å². The van der Waals surface area contributed by atoms with Crippen molar-refractivity contribution in [1.82, 2.24) is 4.81 Å². The van der Waals surface area contributed by atoms with Crippen molar-refractivity contribution in [2.45, 2.75) is 0 Å². The Kier molecular flexibility index (Phi) is 1.39. The number of nitrogens with zero attached hydrogens (tertiary/aromatic N) is 1. The van der Waals surface area contributed by atoms with Crippen LogP contribution in [-0.2, 0) is 18.9 Å². The molecule has 0 atom stereocenters. The first kappa shape index (κ1) is 6.96. The van der Waals surface area contributed by atoms with E-state index in [0.29, 0.717) is 0 Å². The van der Waals surface area contributed by atoms with E-state index < -0.39 is 19.2 Å². The van der Waals surface area contributed by atoms with Gasteiger partial charge in [0, 0.05) is 24.6 Å². The highest BCUT2D eigenvalue weighted by Gasteiger charge is 2.38. The summed E-state index contributed by atoms with van der Waals surface area (Å²) in [5, 5.41) is 0. The first-order valence-electron chi connectivity index (χ1n) is 3.31. The molecule has 0 aromatic carbocycles. The van der Waals surface area contributed by atoms with Crippen LogP contribution in [0.2, 0.25) is 0 Å². The van der Waals surface area contributed by atoms with E-state index in [1.165, 1.54) is 29.4 Å². The largest absolute Gasteiger partial charge is 0.746 e. The topological polar surface area (TPSA) is 55.8 Å². The summed E-state index contributed by atoms with van der Waals surface area (Å²) in [5.74, 6) is -1.03. The summed E-state index contributed by atoms with van der Waals surface area (Å²) in [6.45, 7) is 0. The second-order valence-corrected chi connectivity index (χ2v) is 2.26. The van der Waals surface area contributed by atoms with Crippen molar-refractivity contribution in [1.29, 1.82) is 0 Å². The van der Waals surface area contributed by atoms with Crippen LogP contribution in [0.5, 0.6) is 0 Å². The molecular weight excluding hydrogens is 161 g/mol. The molecule has 2 aliphatic heterocycles. The van der Waals surface area contributed by atoms with Gasteiger partial charge in [0.1, 0.15) is 0 Å². The highest BCUT2D eigenvalue weighted by Crippen LogP contribution is 2.11. The molecule has 0 saturated carbocycles. The van der Waals surface area contributed by atoms with Gasteiger partial charge in [0.2, 0.25) is 0 Å². The smallest absolute Gasteiger partial charge is 0.476 e. The van der Waals surface area contributed by atoms with Gasteiger partial charge in [0.25, 0.3) is 0 Å². The van der Waals surface area contributed by atoms with Gasteiger partial charge < -0.3 is 14.1 Å². The van der Waals surface area contributed by atoms with E-state index in [4.69, 9.17) is 0 Å². The van der Waals surface area contributed by atoms with Crippen LogP contribution in [0.25, 0.3) is 0 Å². The predicted octanol–water partition coefficient (Wildman–Crippen LogP) is -0.586. The van der Waals surface area contributed by atoms with Crippen molar-refractivity contribution in [2.75, 3.05) is 0 Å². The van der Waals surface area contributed by atoms with E-state index in [-0.39, 0.29) is 0 Å². The van der Waals surface area contributed by atoms with Gasteiger partial charge in [-0.05, 0) is 0 Å². The number of rotatable bonds is 0. The molecule has 6 heteroatoms. The molecule has 0 aliphatic carbocycles. The van der Waals surface area contributed by atoms with Crippen LogP contribution in [0.15, 0.2) is 24.6 Å². The highest BCUT2D eigenvalue weighted by atomic mass is 16.7. The lowest BCUT2D eigenvalue weighted by atomic mass is 10.0. The Hall–Kier alpha value is -1.72. The third kappa shape index (κ3) is 1.07. The summed E-state index contributed by atoms with van der Waals surface area (Å²) in [5.41, 5.74) is 0. The molecule has 0 N–H and O–H groups in total. The standard InChI is InChI=1S/C6H4BNO4/c9-5-1-3-8-4-2-6(10)12-7(8)11-5/h1-4H.